The van der Waals surface area contributed by atoms with Crippen LogP contribution in [0.15, 0.2) is 0 Å². The van der Waals surface area contributed by atoms with Crippen molar-refractivity contribution in [3.8, 4) is 0 Å². The fraction of sp³-hybridized carbons (Fsp3) is 1.00. The van der Waals surface area contributed by atoms with Crippen molar-refractivity contribution < 1.29 is 4.74 Å². The Labute approximate surface area is 67.5 Å². The molecule has 0 unspecified atom stereocenters. The average Bonchev–Trinajstić information content (AvgIpc) is 1.82. The van der Waals surface area contributed by atoms with Gasteiger partial charge in [-0.15, -0.1) is 0 Å². The summed E-state index contributed by atoms with van der Waals surface area (Å²) in [6.45, 7) is 5.15. The highest BCUT2D eigenvalue weighted by molar-refractivity contribution is 5.00. The Kier molecular flexibility index (Phi) is 2.11. The van der Waals surface area contributed by atoms with Crippen LogP contribution in [0.5, 0.6) is 0 Å². The van der Waals surface area contributed by atoms with Crippen molar-refractivity contribution >= 4 is 0 Å². The largest absolute Gasteiger partial charge is 0.379 e. The predicted molar refractivity (Wildman–Crippen MR) is 43.7 cm³/mol. The van der Waals surface area contributed by atoms with Gasteiger partial charge in [-0.05, 0) is 19.4 Å². The number of ether oxygens (including phenoxy) is 1. The van der Waals surface area contributed by atoms with Gasteiger partial charge in [-0.1, -0.05) is 0 Å². The van der Waals surface area contributed by atoms with Crippen LogP contribution in [0.2, 0.25) is 0 Å². The number of hydrogen-bond donors (Lipinski definition) is 2. The Hall–Kier alpha value is -0.120. The summed E-state index contributed by atoms with van der Waals surface area (Å²) in [4.78, 5) is 0. The van der Waals surface area contributed by atoms with Crippen LogP contribution in [0.4, 0.5) is 0 Å². The summed E-state index contributed by atoms with van der Waals surface area (Å²) in [7, 11) is 0. The van der Waals surface area contributed by atoms with Gasteiger partial charge in [0.1, 0.15) is 0 Å². The van der Waals surface area contributed by atoms with Crippen molar-refractivity contribution in [3.05, 3.63) is 0 Å². The molecule has 2 aliphatic rings. The van der Waals surface area contributed by atoms with E-state index in [0.717, 1.165) is 32.8 Å². The molecule has 2 aliphatic heterocycles. The first-order valence-corrected chi connectivity index (χ1v) is 4.45. The van der Waals surface area contributed by atoms with Crippen LogP contribution in [0.3, 0.4) is 0 Å². The summed E-state index contributed by atoms with van der Waals surface area (Å²) in [6, 6.07) is 0. The molecule has 0 atom stereocenters. The zero-order valence-electron chi connectivity index (χ0n) is 6.86. The molecular formula is C8H16N2O. The molecule has 2 rings (SSSR count). The van der Waals surface area contributed by atoms with Crippen molar-refractivity contribution in [3.63, 3.8) is 0 Å². The lowest BCUT2D eigenvalue weighted by Crippen LogP contribution is -2.70. The number of hydrogen-bond acceptors (Lipinski definition) is 3. The molecule has 0 aliphatic carbocycles. The Morgan fingerprint density at radius 1 is 1.18 bits per heavy atom. The maximum absolute atomic E-state index is 5.53. The molecule has 0 aromatic carbocycles. The molecule has 11 heavy (non-hydrogen) atoms. The van der Waals surface area contributed by atoms with Crippen LogP contribution in [0, 0.1) is 0 Å². The van der Waals surface area contributed by atoms with Crippen LogP contribution in [0.25, 0.3) is 0 Å². The van der Waals surface area contributed by atoms with E-state index in [1.807, 2.05) is 0 Å². The third-order valence-electron chi connectivity index (χ3n) is 2.52. The molecule has 64 valence electrons. The molecule has 0 aromatic heterocycles. The van der Waals surface area contributed by atoms with E-state index >= 15 is 0 Å². The SMILES string of the molecule is C1CCOCC2(CNC2)NC1. The van der Waals surface area contributed by atoms with E-state index in [-0.39, 0.29) is 0 Å². The minimum Gasteiger partial charge on any atom is -0.379 e. The van der Waals surface area contributed by atoms with E-state index < -0.39 is 0 Å². The second-order valence-corrected chi connectivity index (χ2v) is 3.57. The fourth-order valence-corrected chi connectivity index (χ4v) is 1.66. The van der Waals surface area contributed by atoms with Crippen LogP contribution in [0.1, 0.15) is 12.8 Å². The van der Waals surface area contributed by atoms with E-state index in [1.54, 1.807) is 0 Å². The molecule has 0 aromatic rings. The van der Waals surface area contributed by atoms with Crippen molar-refractivity contribution in [1.29, 1.82) is 0 Å². The summed E-state index contributed by atoms with van der Waals surface area (Å²) in [5.74, 6) is 0. The quantitative estimate of drug-likeness (QED) is 0.506. The van der Waals surface area contributed by atoms with Gasteiger partial charge in [-0.25, -0.2) is 0 Å². The monoisotopic (exact) mass is 156 g/mol. The van der Waals surface area contributed by atoms with E-state index in [1.165, 1.54) is 12.8 Å². The molecule has 0 saturated carbocycles. The number of nitrogens with one attached hydrogen (secondary N) is 2. The summed E-state index contributed by atoms with van der Waals surface area (Å²) in [6.07, 6.45) is 2.46. The molecule has 1 spiro atoms. The normalized spacial score (nSPS) is 30.5. The molecule has 3 heteroatoms. The Morgan fingerprint density at radius 3 is 2.82 bits per heavy atom. The topological polar surface area (TPSA) is 33.3 Å². The highest BCUT2D eigenvalue weighted by Crippen LogP contribution is 2.13. The van der Waals surface area contributed by atoms with Crippen LogP contribution in [-0.4, -0.2) is 38.4 Å². The molecule has 2 saturated heterocycles. The highest BCUT2D eigenvalue weighted by atomic mass is 16.5. The lowest BCUT2D eigenvalue weighted by atomic mass is 9.93. The first-order chi connectivity index (χ1) is 5.41. The molecule has 0 bridgehead atoms. The first kappa shape index (κ1) is 7.53. The van der Waals surface area contributed by atoms with Gasteiger partial charge < -0.3 is 15.4 Å². The Morgan fingerprint density at radius 2 is 2.09 bits per heavy atom. The van der Waals surface area contributed by atoms with Crippen molar-refractivity contribution in [2.45, 2.75) is 18.4 Å². The second kappa shape index (κ2) is 3.09. The van der Waals surface area contributed by atoms with Crippen molar-refractivity contribution in [1.82, 2.24) is 10.6 Å². The molecule has 0 amide bonds. The molecular weight excluding hydrogens is 140 g/mol. The lowest BCUT2D eigenvalue weighted by molar-refractivity contribution is 0.0284. The number of rotatable bonds is 0. The minimum atomic E-state index is 0.292. The molecule has 2 N–H and O–H groups in total. The smallest absolute Gasteiger partial charge is 0.0673 e. The van der Waals surface area contributed by atoms with Gasteiger partial charge in [0.25, 0.3) is 0 Å². The summed E-state index contributed by atoms with van der Waals surface area (Å²) in [5, 5.41) is 6.82. The van der Waals surface area contributed by atoms with Gasteiger partial charge in [0.05, 0.1) is 12.1 Å². The maximum Gasteiger partial charge on any atom is 0.0673 e. The Balaban J connectivity index is 1.86. The van der Waals surface area contributed by atoms with E-state index in [0.29, 0.717) is 5.54 Å². The van der Waals surface area contributed by atoms with Gasteiger partial charge in [0.2, 0.25) is 0 Å². The lowest BCUT2D eigenvalue weighted by Gasteiger charge is -2.44. The second-order valence-electron chi connectivity index (χ2n) is 3.57. The summed E-state index contributed by atoms with van der Waals surface area (Å²) >= 11 is 0. The van der Waals surface area contributed by atoms with Gasteiger partial charge >= 0.3 is 0 Å². The standard InChI is InChI=1S/C8H16N2O/c1-2-4-11-7-8(10-3-1)5-9-6-8/h9-10H,1-7H2. The van der Waals surface area contributed by atoms with Gasteiger partial charge in [0, 0.05) is 19.7 Å². The summed E-state index contributed by atoms with van der Waals surface area (Å²) in [5.41, 5.74) is 0.292. The maximum atomic E-state index is 5.53. The average molecular weight is 156 g/mol. The van der Waals surface area contributed by atoms with Crippen molar-refractivity contribution in [2.75, 3.05) is 32.8 Å². The van der Waals surface area contributed by atoms with Gasteiger partial charge in [-0.3, -0.25) is 0 Å². The van der Waals surface area contributed by atoms with Crippen LogP contribution in [-0.2, 0) is 4.74 Å². The first-order valence-electron chi connectivity index (χ1n) is 4.45. The van der Waals surface area contributed by atoms with E-state index in [4.69, 9.17) is 4.74 Å². The fourth-order valence-electron chi connectivity index (χ4n) is 1.66. The third kappa shape index (κ3) is 1.55. The third-order valence-corrected chi connectivity index (χ3v) is 2.52. The van der Waals surface area contributed by atoms with E-state index in [9.17, 15) is 0 Å². The van der Waals surface area contributed by atoms with Gasteiger partial charge in [0.15, 0.2) is 0 Å². The van der Waals surface area contributed by atoms with Crippen LogP contribution < -0.4 is 10.6 Å². The van der Waals surface area contributed by atoms with Crippen LogP contribution >= 0.6 is 0 Å². The van der Waals surface area contributed by atoms with Gasteiger partial charge in [-0.2, -0.15) is 0 Å². The zero-order chi connectivity index (χ0) is 7.57. The molecule has 2 fully saturated rings. The van der Waals surface area contributed by atoms with E-state index in [2.05, 4.69) is 10.6 Å². The Bertz CT molecular complexity index is 124. The van der Waals surface area contributed by atoms with Crippen molar-refractivity contribution in [2.24, 2.45) is 0 Å². The molecule has 2 heterocycles. The predicted octanol–water partition coefficient (Wildman–Crippen LogP) is -0.272. The minimum absolute atomic E-state index is 0.292. The molecule has 0 radical (unpaired) electrons. The summed E-state index contributed by atoms with van der Waals surface area (Å²) < 4.78 is 5.53. The molecule has 3 nitrogen and oxygen atoms in total. The zero-order valence-corrected chi connectivity index (χ0v) is 6.86. The highest BCUT2D eigenvalue weighted by Gasteiger charge is 2.36.